The highest BCUT2D eigenvalue weighted by molar-refractivity contribution is 6.06. The number of nitrogens with zero attached hydrogens (tertiary/aromatic N) is 3. The average molecular weight is 334 g/mol. The predicted octanol–water partition coefficient (Wildman–Crippen LogP) is 2.62. The molecule has 1 aliphatic rings. The molecule has 0 spiro atoms. The molecule has 2 heterocycles. The van der Waals surface area contributed by atoms with Crippen LogP contribution in [0, 0.1) is 18.6 Å². The number of carbonyl (C=O) groups excluding carboxylic acids is 1. The van der Waals surface area contributed by atoms with Crippen LogP contribution in [0.25, 0.3) is 0 Å². The number of aryl methyl sites for hydroxylation is 2. The third kappa shape index (κ3) is 3.12. The number of amides is 1. The fourth-order valence-corrected chi connectivity index (χ4v) is 2.44. The number of oxime groups is 1. The van der Waals surface area contributed by atoms with Gasteiger partial charge >= 0.3 is 0 Å². The summed E-state index contributed by atoms with van der Waals surface area (Å²) in [5.74, 6) is -2.10. The number of nitrogens with one attached hydrogen (secondary N) is 1. The van der Waals surface area contributed by atoms with Crippen LogP contribution in [-0.2, 0) is 16.2 Å². The Balaban J connectivity index is 1.67. The first-order valence-electron chi connectivity index (χ1n) is 7.51. The molecule has 0 bridgehead atoms. The maximum Gasteiger partial charge on any atom is 0.268 e. The van der Waals surface area contributed by atoms with Crippen LogP contribution < -0.4 is 5.32 Å². The van der Waals surface area contributed by atoms with Gasteiger partial charge in [0.25, 0.3) is 5.91 Å². The molecule has 0 saturated heterocycles. The average Bonchev–Trinajstić information content (AvgIpc) is 3.16. The normalized spacial score (nSPS) is 16.7. The number of halogens is 2. The van der Waals surface area contributed by atoms with Crippen molar-refractivity contribution < 1.29 is 18.4 Å². The summed E-state index contributed by atoms with van der Waals surface area (Å²) >= 11 is 0. The molecule has 24 heavy (non-hydrogen) atoms. The second-order valence-corrected chi connectivity index (χ2v) is 5.43. The summed E-state index contributed by atoms with van der Waals surface area (Å²) in [6.45, 7) is 4.55. The summed E-state index contributed by atoms with van der Waals surface area (Å²) in [5.41, 5.74) is 2.13. The van der Waals surface area contributed by atoms with Crippen LogP contribution in [0.1, 0.15) is 24.6 Å². The molecule has 126 valence electrons. The highest BCUT2D eigenvalue weighted by atomic mass is 19.1. The van der Waals surface area contributed by atoms with E-state index in [1.807, 2.05) is 20.0 Å². The first kappa shape index (κ1) is 16.1. The first-order valence-corrected chi connectivity index (χ1v) is 7.51. The van der Waals surface area contributed by atoms with Gasteiger partial charge in [-0.1, -0.05) is 5.16 Å². The second-order valence-electron chi connectivity index (χ2n) is 5.43. The van der Waals surface area contributed by atoms with Crippen molar-refractivity contribution in [2.75, 3.05) is 5.32 Å². The van der Waals surface area contributed by atoms with E-state index in [-0.39, 0.29) is 12.1 Å². The lowest BCUT2D eigenvalue weighted by molar-refractivity contribution is -0.125. The molecule has 1 N–H and O–H groups in total. The van der Waals surface area contributed by atoms with Gasteiger partial charge in [-0.3, -0.25) is 9.48 Å². The highest BCUT2D eigenvalue weighted by Crippen LogP contribution is 2.21. The van der Waals surface area contributed by atoms with Crippen molar-refractivity contribution in [1.29, 1.82) is 0 Å². The topological polar surface area (TPSA) is 68.5 Å². The van der Waals surface area contributed by atoms with Gasteiger partial charge in [-0.2, -0.15) is 5.10 Å². The Morgan fingerprint density at radius 3 is 2.92 bits per heavy atom. The van der Waals surface area contributed by atoms with Crippen LogP contribution in [0.2, 0.25) is 0 Å². The van der Waals surface area contributed by atoms with Crippen molar-refractivity contribution in [3.8, 4) is 0 Å². The summed E-state index contributed by atoms with van der Waals surface area (Å²) in [7, 11) is 0. The van der Waals surface area contributed by atoms with Crippen LogP contribution in [0.15, 0.2) is 29.6 Å². The second kappa shape index (κ2) is 6.38. The van der Waals surface area contributed by atoms with Gasteiger partial charge in [0.1, 0.15) is 11.6 Å². The van der Waals surface area contributed by atoms with Crippen LogP contribution in [-0.4, -0.2) is 27.5 Å². The van der Waals surface area contributed by atoms with Crippen molar-refractivity contribution in [2.24, 2.45) is 5.16 Å². The summed E-state index contributed by atoms with van der Waals surface area (Å²) in [6, 6.07) is 2.93. The van der Waals surface area contributed by atoms with E-state index in [9.17, 15) is 13.6 Å². The Kier molecular flexibility index (Phi) is 4.28. The smallest absolute Gasteiger partial charge is 0.268 e. The van der Waals surface area contributed by atoms with E-state index < -0.39 is 23.6 Å². The lowest BCUT2D eigenvalue weighted by Gasteiger charge is -2.10. The standard InChI is InChI=1S/C16H16F2N4O2/c1-3-22-8-11(9(2)20-22)14-7-15(24-21-14)16(23)19-13-5-4-10(17)6-12(13)18/h4-6,8,15H,3,7H2,1-2H3,(H,19,23)/t15-/m1/s1. The first-order chi connectivity index (χ1) is 11.5. The number of aromatic nitrogens is 2. The van der Waals surface area contributed by atoms with Crippen molar-refractivity contribution in [2.45, 2.75) is 32.9 Å². The Labute approximate surface area is 137 Å². The zero-order valence-corrected chi connectivity index (χ0v) is 13.2. The summed E-state index contributed by atoms with van der Waals surface area (Å²) in [5, 5.41) is 10.7. The summed E-state index contributed by atoms with van der Waals surface area (Å²) in [4.78, 5) is 17.3. The van der Waals surface area contributed by atoms with Crippen LogP contribution >= 0.6 is 0 Å². The zero-order valence-electron chi connectivity index (χ0n) is 13.2. The van der Waals surface area contributed by atoms with E-state index in [1.54, 1.807) is 4.68 Å². The van der Waals surface area contributed by atoms with Gasteiger partial charge < -0.3 is 10.2 Å². The number of anilines is 1. The van der Waals surface area contributed by atoms with Crippen molar-refractivity contribution in [1.82, 2.24) is 9.78 Å². The van der Waals surface area contributed by atoms with Crippen LogP contribution in [0.3, 0.4) is 0 Å². The summed E-state index contributed by atoms with van der Waals surface area (Å²) in [6.07, 6.45) is 1.23. The number of hydrogen-bond donors (Lipinski definition) is 1. The molecule has 1 aromatic carbocycles. The molecule has 0 fully saturated rings. The molecule has 3 rings (SSSR count). The molecule has 1 aromatic heterocycles. The van der Waals surface area contributed by atoms with Crippen LogP contribution in [0.4, 0.5) is 14.5 Å². The van der Waals surface area contributed by atoms with Crippen molar-refractivity contribution in [3.63, 3.8) is 0 Å². The maximum absolute atomic E-state index is 13.6. The molecule has 1 atom stereocenters. The van der Waals surface area contributed by atoms with Gasteiger partial charge in [0.05, 0.1) is 17.1 Å². The molecule has 0 radical (unpaired) electrons. The number of hydrogen-bond acceptors (Lipinski definition) is 4. The molecule has 8 heteroatoms. The lowest BCUT2D eigenvalue weighted by atomic mass is 10.1. The largest absolute Gasteiger partial charge is 0.382 e. The fourth-order valence-electron chi connectivity index (χ4n) is 2.44. The Hall–Kier alpha value is -2.77. The minimum Gasteiger partial charge on any atom is -0.382 e. The van der Waals surface area contributed by atoms with Crippen molar-refractivity contribution >= 4 is 17.3 Å². The maximum atomic E-state index is 13.6. The molecule has 1 amide bonds. The number of carbonyl (C=O) groups is 1. The molecule has 0 saturated carbocycles. The van der Waals surface area contributed by atoms with E-state index >= 15 is 0 Å². The Bertz CT molecular complexity index is 816. The molecular weight excluding hydrogens is 318 g/mol. The van der Waals surface area contributed by atoms with Gasteiger partial charge in [-0.05, 0) is 26.0 Å². The lowest BCUT2D eigenvalue weighted by Crippen LogP contribution is -2.28. The molecule has 0 aliphatic carbocycles. The van der Waals surface area contributed by atoms with Gasteiger partial charge in [0.2, 0.25) is 6.10 Å². The minimum atomic E-state index is -0.867. The zero-order chi connectivity index (χ0) is 17.3. The minimum absolute atomic E-state index is 0.103. The van der Waals surface area contributed by atoms with Gasteiger partial charge in [-0.15, -0.1) is 0 Å². The molecule has 6 nitrogen and oxygen atoms in total. The Morgan fingerprint density at radius 2 is 2.25 bits per heavy atom. The third-order valence-corrected chi connectivity index (χ3v) is 3.73. The number of benzene rings is 1. The van der Waals surface area contributed by atoms with E-state index in [0.29, 0.717) is 11.8 Å². The molecule has 0 unspecified atom stereocenters. The fraction of sp³-hybridized carbons (Fsp3) is 0.312. The number of rotatable bonds is 4. The van der Waals surface area contributed by atoms with E-state index in [1.165, 1.54) is 0 Å². The highest BCUT2D eigenvalue weighted by Gasteiger charge is 2.30. The third-order valence-electron chi connectivity index (χ3n) is 3.73. The summed E-state index contributed by atoms with van der Waals surface area (Å²) < 4.78 is 28.3. The molecule has 1 aliphatic heterocycles. The van der Waals surface area contributed by atoms with Gasteiger partial charge in [-0.25, -0.2) is 8.78 Å². The van der Waals surface area contributed by atoms with E-state index in [4.69, 9.17) is 4.84 Å². The SMILES string of the molecule is CCn1cc(C2=NO[C@@H](C(=O)Nc3ccc(F)cc3F)C2)c(C)n1. The molecular formula is C16H16F2N4O2. The van der Waals surface area contributed by atoms with E-state index in [0.717, 1.165) is 29.9 Å². The predicted molar refractivity (Wildman–Crippen MR) is 83.7 cm³/mol. The van der Waals surface area contributed by atoms with Gasteiger partial charge in [0, 0.05) is 30.8 Å². The van der Waals surface area contributed by atoms with Crippen molar-refractivity contribution in [3.05, 3.63) is 47.3 Å². The van der Waals surface area contributed by atoms with Crippen LogP contribution in [0.5, 0.6) is 0 Å². The van der Waals surface area contributed by atoms with E-state index in [2.05, 4.69) is 15.6 Å². The monoisotopic (exact) mass is 334 g/mol. The quantitative estimate of drug-likeness (QED) is 0.934. The Morgan fingerprint density at radius 1 is 1.46 bits per heavy atom. The van der Waals surface area contributed by atoms with Gasteiger partial charge in [0.15, 0.2) is 0 Å². The molecule has 2 aromatic rings.